The third-order valence-corrected chi connectivity index (χ3v) is 3.25. The van der Waals surface area contributed by atoms with E-state index in [0.29, 0.717) is 12.2 Å². The van der Waals surface area contributed by atoms with Crippen molar-refractivity contribution in [2.75, 3.05) is 11.4 Å². The number of carbonyl (C=O) groups is 1. The fourth-order valence-electron chi connectivity index (χ4n) is 2.42. The summed E-state index contributed by atoms with van der Waals surface area (Å²) in [6.07, 6.45) is 1.52. The van der Waals surface area contributed by atoms with Gasteiger partial charge in [0.05, 0.1) is 11.3 Å². The van der Waals surface area contributed by atoms with E-state index in [0.717, 1.165) is 12.8 Å². The second-order valence-electron chi connectivity index (χ2n) is 4.64. The van der Waals surface area contributed by atoms with Crippen molar-refractivity contribution >= 4 is 17.5 Å². The number of pyridine rings is 1. The Morgan fingerprint density at radius 3 is 3.00 bits per heavy atom. The second kappa shape index (κ2) is 5.21. The van der Waals surface area contributed by atoms with Crippen LogP contribution in [-0.4, -0.2) is 33.6 Å². The van der Waals surface area contributed by atoms with Crippen LogP contribution in [0.15, 0.2) is 12.1 Å². The third-order valence-electron chi connectivity index (χ3n) is 3.25. The molecule has 1 saturated heterocycles. The Morgan fingerprint density at radius 1 is 1.63 bits per heavy atom. The van der Waals surface area contributed by atoms with Crippen molar-refractivity contribution in [1.29, 1.82) is 0 Å². The molecule has 0 aliphatic carbocycles. The second-order valence-corrected chi connectivity index (χ2v) is 4.64. The number of hydrogen-bond donors (Lipinski definition) is 1. The molecule has 1 aliphatic rings. The first-order chi connectivity index (χ1) is 8.99. The van der Waals surface area contributed by atoms with Gasteiger partial charge in [0.15, 0.2) is 0 Å². The molecule has 1 fully saturated rings. The van der Waals surface area contributed by atoms with Crippen molar-refractivity contribution in [1.82, 2.24) is 4.98 Å². The lowest BCUT2D eigenvalue weighted by Gasteiger charge is -2.24. The Labute approximate surface area is 110 Å². The van der Waals surface area contributed by atoms with Gasteiger partial charge in [0.25, 0.3) is 0 Å². The van der Waals surface area contributed by atoms with Gasteiger partial charge in [0.2, 0.25) is 5.82 Å². The van der Waals surface area contributed by atoms with E-state index in [-0.39, 0.29) is 24.0 Å². The molecule has 0 radical (unpaired) electrons. The van der Waals surface area contributed by atoms with Gasteiger partial charge in [0, 0.05) is 24.3 Å². The van der Waals surface area contributed by atoms with E-state index in [1.165, 1.54) is 6.07 Å². The minimum atomic E-state index is -0.896. The Hall–Kier alpha value is -2.18. The average molecular weight is 265 g/mol. The van der Waals surface area contributed by atoms with E-state index in [9.17, 15) is 14.9 Å². The maximum atomic E-state index is 11.0. The van der Waals surface area contributed by atoms with E-state index in [1.54, 1.807) is 17.9 Å². The zero-order valence-electron chi connectivity index (χ0n) is 10.6. The molecular weight excluding hydrogens is 250 g/mol. The van der Waals surface area contributed by atoms with E-state index >= 15 is 0 Å². The first-order valence-corrected chi connectivity index (χ1v) is 6.09. The van der Waals surface area contributed by atoms with Crippen LogP contribution >= 0.6 is 0 Å². The lowest BCUT2D eigenvalue weighted by molar-refractivity contribution is -0.384. The van der Waals surface area contributed by atoms with Crippen LogP contribution in [0.3, 0.4) is 0 Å². The largest absolute Gasteiger partial charge is 0.481 e. The molecule has 0 bridgehead atoms. The fourth-order valence-corrected chi connectivity index (χ4v) is 2.42. The van der Waals surface area contributed by atoms with E-state index in [1.807, 2.05) is 0 Å². The predicted octanol–water partition coefficient (Wildman–Crippen LogP) is 1.74. The van der Waals surface area contributed by atoms with Gasteiger partial charge in [-0.1, -0.05) is 0 Å². The molecule has 102 valence electrons. The maximum absolute atomic E-state index is 11.0. The fraction of sp³-hybridized carbons (Fsp3) is 0.500. The quantitative estimate of drug-likeness (QED) is 0.658. The highest BCUT2D eigenvalue weighted by Crippen LogP contribution is 2.32. The van der Waals surface area contributed by atoms with Gasteiger partial charge in [-0.3, -0.25) is 14.9 Å². The SMILES string of the molecule is Cc1ccc([N+](=O)[O-])c(N2CCCC2CC(=O)O)n1. The van der Waals surface area contributed by atoms with Gasteiger partial charge in [-0.05, 0) is 25.8 Å². The monoisotopic (exact) mass is 265 g/mol. The summed E-state index contributed by atoms with van der Waals surface area (Å²) in [6, 6.07) is 2.79. The Morgan fingerprint density at radius 2 is 2.37 bits per heavy atom. The lowest BCUT2D eigenvalue weighted by atomic mass is 10.1. The van der Waals surface area contributed by atoms with E-state index < -0.39 is 10.9 Å². The number of aromatic nitrogens is 1. The van der Waals surface area contributed by atoms with Gasteiger partial charge in [-0.15, -0.1) is 0 Å². The van der Waals surface area contributed by atoms with Crippen LogP contribution in [0.1, 0.15) is 25.0 Å². The van der Waals surface area contributed by atoms with Crippen LogP contribution in [0.4, 0.5) is 11.5 Å². The highest BCUT2D eigenvalue weighted by molar-refractivity contribution is 5.69. The molecule has 0 spiro atoms. The molecule has 7 heteroatoms. The number of nitro groups is 1. The highest BCUT2D eigenvalue weighted by Gasteiger charge is 2.32. The van der Waals surface area contributed by atoms with Gasteiger partial charge >= 0.3 is 11.7 Å². The molecule has 1 atom stereocenters. The number of aryl methyl sites for hydroxylation is 1. The van der Waals surface area contributed by atoms with Gasteiger partial charge < -0.3 is 10.0 Å². The Bertz CT molecular complexity index is 518. The normalized spacial score (nSPS) is 18.6. The molecule has 2 rings (SSSR count). The van der Waals surface area contributed by atoms with Crippen molar-refractivity contribution in [3.8, 4) is 0 Å². The smallest absolute Gasteiger partial charge is 0.311 e. The molecule has 1 N–H and O–H groups in total. The molecule has 0 saturated carbocycles. The molecule has 19 heavy (non-hydrogen) atoms. The zero-order valence-corrected chi connectivity index (χ0v) is 10.6. The molecule has 1 aromatic rings. The summed E-state index contributed by atoms with van der Waals surface area (Å²) in [4.78, 5) is 27.4. The van der Waals surface area contributed by atoms with Crippen LogP contribution in [0, 0.1) is 17.0 Å². The first kappa shape index (κ1) is 13.3. The molecule has 0 amide bonds. The zero-order chi connectivity index (χ0) is 14.0. The number of hydrogen-bond acceptors (Lipinski definition) is 5. The minimum absolute atomic E-state index is 0.0211. The Balaban J connectivity index is 2.36. The molecule has 1 aliphatic heterocycles. The van der Waals surface area contributed by atoms with Crippen molar-refractivity contribution in [3.05, 3.63) is 27.9 Å². The predicted molar refractivity (Wildman–Crippen MR) is 68.2 cm³/mol. The standard InChI is InChI=1S/C12H15N3O4/c1-8-4-5-10(15(18)19)12(13-8)14-6-2-3-9(14)7-11(16)17/h4-5,9H,2-3,6-7H2,1H3,(H,16,17). The third kappa shape index (κ3) is 2.81. The molecule has 2 heterocycles. The summed E-state index contributed by atoms with van der Waals surface area (Å²) in [6.45, 7) is 2.37. The number of anilines is 1. The van der Waals surface area contributed by atoms with Crippen molar-refractivity contribution in [3.63, 3.8) is 0 Å². The van der Waals surface area contributed by atoms with Gasteiger partial charge in [0.1, 0.15) is 0 Å². The van der Waals surface area contributed by atoms with Crippen molar-refractivity contribution in [2.45, 2.75) is 32.2 Å². The van der Waals surface area contributed by atoms with Crippen LogP contribution in [-0.2, 0) is 4.79 Å². The molecule has 0 aromatic carbocycles. The van der Waals surface area contributed by atoms with Gasteiger partial charge in [-0.25, -0.2) is 4.98 Å². The van der Waals surface area contributed by atoms with E-state index in [2.05, 4.69) is 4.98 Å². The summed E-state index contributed by atoms with van der Waals surface area (Å²) in [5.41, 5.74) is 0.615. The summed E-state index contributed by atoms with van der Waals surface area (Å²) in [5, 5.41) is 19.9. The minimum Gasteiger partial charge on any atom is -0.481 e. The summed E-state index contributed by atoms with van der Waals surface area (Å²) in [5.74, 6) is -0.610. The average Bonchev–Trinajstić information content (AvgIpc) is 2.75. The van der Waals surface area contributed by atoms with Crippen molar-refractivity contribution in [2.24, 2.45) is 0 Å². The lowest BCUT2D eigenvalue weighted by Crippen LogP contribution is -2.32. The summed E-state index contributed by atoms with van der Waals surface area (Å²) < 4.78 is 0. The van der Waals surface area contributed by atoms with Crippen molar-refractivity contribution < 1.29 is 14.8 Å². The Kier molecular flexibility index (Phi) is 3.64. The molecule has 7 nitrogen and oxygen atoms in total. The van der Waals surface area contributed by atoms with Crippen LogP contribution in [0.25, 0.3) is 0 Å². The van der Waals surface area contributed by atoms with Crippen LogP contribution in [0.5, 0.6) is 0 Å². The molecule has 1 unspecified atom stereocenters. The summed E-state index contributed by atoms with van der Waals surface area (Å²) in [7, 11) is 0. The van der Waals surface area contributed by atoms with Crippen LogP contribution in [0.2, 0.25) is 0 Å². The molecular formula is C12H15N3O4. The number of aliphatic carboxylic acids is 1. The van der Waals surface area contributed by atoms with Crippen LogP contribution < -0.4 is 4.90 Å². The topological polar surface area (TPSA) is 96.6 Å². The number of carboxylic acid groups (broad SMARTS) is 1. The summed E-state index contributed by atoms with van der Waals surface area (Å²) >= 11 is 0. The number of nitrogens with zero attached hydrogens (tertiary/aromatic N) is 3. The highest BCUT2D eigenvalue weighted by atomic mass is 16.6. The first-order valence-electron chi connectivity index (χ1n) is 6.09. The molecule has 1 aromatic heterocycles. The van der Waals surface area contributed by atoms with E-state index in [4.69, 9.17) is 5.11 Å². The number of carboxylic acids is 1. The maximum Gasteiger partial charge on any atom is 0.311 e. The number of rotatable bonds is 4. The van der Waals surface area contributed by atoms with Gasteiger partial charge in [-0.2, -0.15) is 0 Å².